The van der Waals surface area contributed by atoms with Gasteiger partial charge in [0.25, 0.3) is 11.5 Å². The maximum absolute atomic E-state index is 13.3. The minimum Gasteiger partial charge on any atom is -0.497 e. The summed E-state index contributed by atoms with van der Waals surface area (Å²) in [5.74, 6) is 0.647. The van der Waals surface area contributed by atoms with Crippen LogP contribution >= 0.6 is 0 Å². The van der Waals surface area contributed by atoms with E-state index < -0.39 is 0 Å². The normalized spacial score (nSPS) is 17.8. The fourth-order valence-electron chi connectivity index (χ4n) is 4.35. The molecule has 0 radical (unpaired) electrons. The summed E-state index contributed by atoms with van der Waals surface area (Å²) >= 11 is 0. The minimum atomic E-state index is -0.255. The Balaban J connectivity index is 1.60. The highest BCUT2D eigenvalue weighted by Gasteiger charge is 2.30. The van der Waals surface area contributed by atoms with Gasteiger partial charge in [-0.25, -0.2) is 0 Å². The molecule has 0 spiro atoms. The Morgan fingerprint density at radius 1 is 1.16 bits per heavy atom. The van der Waals surface area contributed by atoms with E-state index in [1.807, 2.05) is 56.3 Å². The van der Waals surface area contributed by atoms with Gasteiger partial charge in [0, 0.05) is 36.2 Å². The van der Waals surface area contributed by atoms with Crippen molar-refractivity contribution in [2.75, 3.05) is 13.7 Å². The molecule has 2 heterocycles. The lowest BCUT2D eigenvalue weighted by molar-refractivity contribution is -0.0615. The van der Waals surface area contributed by atoms with Crippen LogP contribution in [0.5, 0.6) is 5.75 Å². The van der Waals surface area contributed by atoms with Crippen molar-refractivity contribution in [2.24, 2.45) is 0 Å². The highest BCUT2D eigenvalue weighted by molar-refractivity contribution is 6.06. The van der Waals surface area contributed by atoms with Crippen molar-refractivity contribution in [2.45, 2.75) is 51.3 Å². The van der Waals surface area contributed by atoms with E-state index >= 15 is 0 Å². The van der Waals surface area contributed by atoms with Crippen LogP contribution in [0.25, 0.3) is 10.8 Å². The van der Waals surface area contributed by atoms with Gasteiger partial charge < -0.3 is 19.4 Å². The second-order valence-electron chi connectivity index (χ2n) is 8.96. The number of nitrogens with one attached hydrogen (secondary N) is 1. The van der Waals surface area contributed by atoms with E-state index in [1.165, 1.54) is 0 Å². The summed E-state index contributed by atoms with van der Waals surface area (Å²) < 4.78 is 12.6. The molecule has 4 rings (SSSR count). The molecule has 0 saturated carbocycles. The standard InChI is InChI=1S/C26H30N2O4/c1-26(2)16-19(13-15-32-26)27-24(29)23-17-28(25(30)22-7-5-4-6-21(22)23)14-12-18-8-10-20(31-3)11-9-18/h4-11,17,19H,12-16H2,1-3H3,(H,27,29)/t19-/m1/s1. The molecule has 168 valence electrons. The zero-order valence-electron chi connectivity index (χ0n) is 18.9. The quantitative estimate of drug-likeness (QED) is 0.638. The number of aryl methyl sites for hydroxylation is 2. The molecule has 6 heteroatoms. The fraction of sp³-hybridized carbons (Fsp3) is 0.385. The lowest BCUT2D eigenvalue weighted by atomic mass is 9.93. The average Bonchev–Trinajstić information content (AvgIpc) is 2.78. The first-order chi connectivity index (χ1) is 15.4. The van der Waals surface area contributed by atoms with Gasteiger partial charge in [-0.15, -0.1) is 0 Å². The summed E-state index contributed by atoms with van der Waals surface area (Å²) in [6.07, 6.45) is 3.92. The zero-order valence-corrected chi connectivity index (χ0v) is 18.9. The van der Waals surface area contributed by atoms with E-state index in [0.717, 1.165) is 24.2 Å². The molecule has 1 aliphatic rings. The smallest absolute Gasteiger partial charge is 0.258 e. The zero-order chi connectivity index (χ0) is 22.7. The Bertz CT molecular complexity index is 1160. The van der Waals surface area contributed by atoms with Gasteiger partial charge in [-0.3, -0.25) is 9.59 Å². The number of nitrogens with zero attached hydrogens (tertiary/aromatic N) is 1. The number of benzene rings is 2. The largest absolute Gasteiger partial charge is 0.497 e. The Kier molecular flexibility index (Phi) is 6.33. The molecule has 3 aromatic rings. The molecule has 1 fully saturated rings. The maximum Gasteiger partial charge on any atom is 0.258 e. The molecule has 0 aliphatic carbocycles. The summed E-state index contributed by atoms with van der Waals surface area (Å²) in [5.41, 5.74) is 1.29. The van der Waals surface area contributed by atoms with Crippen molar-refractivity contribution in [3.05, 3.63) is 76.2 Å². The highest BCUT2D eigenvalue weighted by atomic mass is 16.5. The lowest BCUT2D eigenvalue weighted by Gasteiger charge is -2.35. The van der Waals surface area contributed by atoms with E-state index in [9.17, 15) is 9.59 Å². The summed E-state index contributed by atoms with van der Waals surface area (Å²) in [7, 11) is 1.64. The van der Waals surface area contributed by atoms with Crippen LogP contribution in [0.3, 0.4) is 0 Å². The van der Waals surface area contributed by atoms with Gasteiger partial charge in [0.2, 0.25) is 0 Å². The first kappa shape index (κ1) is 22.1. The third-order valence-electron chi connectivity index (χ3n) is 6.07. The molecule has 1 saturated heterocycles. The van der Waals surface area contributed by atoms with Crippen molar-refractivity contribution in [3.63, 3.8) is 0 Å². The number of methoxy groups -OCH3 is 1. The number of pyridine rings is 1. The predicted molar refractivity (Wildman–Crippen MR) is 125 cm³/mol. The van der Waals surface area contributed by atoms with Crippen LogP contribution < -0.4 is 15.6 Å². The van der Waals surface area contributed by atoms with Gasteiger partial charge >= 0.3 is 0 Å². The minimum absolute atomic E-state index is 0.0460. The van der Waals surface area contributed by atoms with Crippen molar-refractivity contribution >= 4 is 16.7 Å². The predicted octanol–water partition coefficient (Wildman–Crippen LogP) is 3.94. The van der Waals surface area contributed by atoms with E-state index in [2.05, 4.69) is 5.32 Å². The Morgan fingerprint density at radius 2 is 1.88 bits per heavy atom. The number of carbonyl (C=O) groups is 1. The molecule has 1 aromatic heterocycles. The third-order valence-corrected chi connectivity index (χ3v) is 6.07. The SMILES string of the molecule is COc1ccc(CCn2cc(C(=O)N[C@@H]3CCOC(C)(C)C3)c3ccccc3c2=O)cc1. The lowest BCUT2D eigenvalue weighted by Crippen LogP contribution is -2.46. The van der Waals surface area contributed by atoms with Crippen molar-refractivity contribution in [1.82, 2.24) is 9.88 Å². The summed E-state index contributed by atoms with van der Waals surface area (Å²) in [5, 5.41) is 4.41. The van der Waals surface area contributed by atoms with Crippen LogP contribution in [-0.4, -0.2) is 35.8 Å². The summed E-state index contributed by atoms with van der Waals surface area (Å²) in [6, 6.07) is 15.2. The van der Waals surface area contributed by atoms with Crippen LogP contribution in [0.2, 0.25) is 0 Å². The maximum atomic E-state index is 13.3. The number of aromatic nitrogens is 1. The molecule has 0 bridgehead atoms. The molecular formula is C26H30N2O4. The summed E-state index contributed by atoms with van der Waals surface area (Å²) in [4.78, 5) is 26.4. The van der Waals surface area contributed by atoms with Crippen LogP contribution in [0.1, 0.15) is 42.6 Å². The number of fused-ring (bicyclic) bond motifs is 1. The van der Waals surface area contributed by atoms with E-state index in [0.29, 0.717) is 35.9 Å². The number of carbonyl (C=O) groups excluding carboxylic acids is 1. The van der Waals surface area contributed by atoms with Gasteiger partial charge in [-0.2, -0.15) is 0 Å². The van der Waals surface area contributed by atoms with Crippen LogP contribution in [-0.2, 0) is 17.7 Å². The molecule has 1 N–H and O–H groups in total. The van der Waals surface area contributed by atoms with Crippen molar-refractivity contribution in [1.29, 1.82) is 0 Å². The second-order valence-corrected chi connectivity index (χ2v) is 8.96. The summed E-state index contributed by atoms with van der Waals surface area (Å²) in [6.45, 7) is 5.20. The van der Waals surface area contributed by atoms with E-state index in [1.54, 1.807) is 23.9 Å². The van der Waals surface area contributed by atoms with Crippen LogP contribution in [0.15, 0.2) is 59.5 Å². The molecule has 1 aliphatic heterocycles. The highest BCUT2D eigenvalue weighted by Crippen LogP contribution is 2.25. The topological polar surface area (TPSA) is 69.6 Å². The Labute approximate surface area is 188 Å². The third kappa shape index (κ3) is 4.86. The van der Waals surface area contributed by atoms with Gasteiger partial charge in [-0.05, 0) is 56.9 Å². The number of ether oxygens (including phenoxy) is 2. The van der Waals surface area contributed by atoms with Crippen molar-refractivity contribution < 1.29 is 14.3 Å². The fourth-order valence-corrected chi connectivity index (χ4v) is 4.35. The van der Waals surface area contributed by atoms with E-state index in [-0.39, 0.29) is 23.1 Å². The van der Waals surface area contributed by atoms with Gasteiger partial charge in [0.15, 0.2) is 0 Å². The Morgan fingerprint density at radius 3 is 2.56 bits per heavy atom. The second kappa shape index (κ2) is 9.17. The van der Waals surface area contributed by atoms with Gasteiger partial charge in [-0.1, -0.05) is 30.3 Å². The molecular weight excluding hydrogens is 404 g/mol. The number of amides is 1. The Hall–Kier alpha value is -3.12. The molecule has 1 amide bonds. The van der Waals surface area contributed by atoms with Crippen LogP contribution in [0, 0.1) is 0 Å². The number of rotatable bonds is 6. The van der Waals surface area contributed by atoms with Crippen LogP contribution in [0.4, 0.5) is 0 Å². The molecule has 0 unspecified atom stereocenters. The first-order valence-electron chi connectivity index (χ1n) is 11.1. The molecule has 1 atom stereocenters. The van der Waals surface area contributed by atoms with E-state index in [4.69, 9.17) is 9.47 Å². The molecule has 6 nitrogen and oxygen atoms in total. The number of hydrogen-bond acceptors (Lipinski definition) is 4. The van der Waals surface area contributed by atoms with Gasteiger partial charge in [0.05, 0.1) is 18.3 Å². The average molecular weight is 435 g/mol. The first-order valence-corrected chi connectivity index (χ1v) is 11.1. The molecule has 32 heavy (non-hydrogen) atoms. The number of hydrogen-bond donors (Lipinski definition) is 1. The monoisotopic (exact) mass is 434 g/mol. The molecule has 2 aromatic carbocycles. The van der Waals surface area contributed by atoms with Gasteiger partial charge in [0.1, 0.15) is 5.75 Å². The van der Waals surface area contributed by atoms with Crippen molar-refractivity contribution in [3.8, 4) is 5.75 Å².